The summed E-state index contributed by atoms with van der Waals surface area (Å²) < 4.78 is 1.01. The zero-order valence-corrected chi connectivity index (χ0v) is 12.2. The summed E-state index contributed by atoms with van der Waals surface area (Å²) in [7, 11) is 0. The Labute approximate surface area is 125 Å². The van der Waals surface area contributed by atoms with Crippen molar-refractivity contribution in [3.8, 4) is 6.07 Å². The van der Waals surface area contributed by atoms with E-state index in [9.17, 15) is 5.26 Å². The molecule has 96 valence electrons. The van der Waals surface area contributed by atoms with Gasteiger partial charge in [0.05, 0.1) is 11.6 Å². The molecular weight excluding hydrogens is 312 g/mol. The molecule has 20 heavy (non-hydrogen) atoms. The molecular formula is C17H11BrN2. The largest absolute Gasteiger partial charge is 0.361 e. The van der Waals surface area contributed by atoms with Crippen LogP contribution in [-0.2, 0) is 0 Å². The third-order valence-electron chi connectivity index (χ3n) is 3.20. The third kappa shape index (κ3) is 2.38. The number of benzene rings is 2. The first-order chi connectivity index (χ1) is 9.78. The molecule has 1 N–H and O–H groups in total. The van der Waals surface area contributed by atoms with Crippen LogP contribution in [0.3, 0.4) is 0 Å². The number of nitriles is 1. The Morgan fingerprint density at radius 3 is 2.60 bits per heavy atom. The molecule has 2 aromatic carbocycles. The predicted octanol–water partition coefficient (Wildman–Crippen LogP) is 4.99. The average molecular weight is 323 g/mol. The molecule has 0 amide bonds. The van der Waals surface area contributed by atoms with Gasteiger partial charge in [-0.15, -0.1) is 0 Å². The molecule has 0 aliphatic heterocycles. The number of hydrogen-bond acceptors (Lipinski definition) is 1. The highest BCUT2D eigenvalue weighted by atomic mass is 79.9. The third-order valence-corrected chi connectivity index (χ3v) is 3.73. The van der Waals surface area contributed by atoms with Gasteiger partial charge in [-0.25, -0.2) is 0 Å². The molecule has 2 nitrogen and oxygen atoms in total. The van der Waals surface area contributed by atoms with Crippen molar-refractivity contribution >= 4 is 38.5 Å². The average Bonchev–Trinajstić information content (AvgIpc) is 2.89. The minimum atomic E-state index is 0.655. The Kier molecular flexibility index (Phi) is 3.41. The molecule has 1 aromatic heterocycles. The van der Waals surface area contributed by atoms with Crippen LogP contribution >= 0.6 is 15.9 Å². The molecule has 0 atom stereocenters. The number of nitrogens with zero attached hydrogens (tertiary/aromatic N) is 1. The number of para-hydroxylation sites is 1. The van der Waals surface area contributed by atoms with Crippen LogP contribution in [0.2, 0.25) is 0 Å². The van der Waals surface area contributed by atoms with Gasteiger partial charge in [-0.1, -0.05) is 46.3 Å². The highest BCUT2D eigenvalue weighted by molar-refractivity contribution is 9.10. The monoisotopic (exact) mass is 322 g/mol. The number of fused-ring (bicyclic) bond motifs is 1. The van der Waals surface area contributed by atoms with Gasteiger partial charge in [-0.3, -0.25) is 0 Å². The number of H-pyrrole nitrogens is 1. The molecule has 0 saturated heterocycles. The first-order valence-corrected chi connectivity index (χ1v) is 7.01. The molecule has 0 saturated carbocycles. The highest BCUT2D eigenvalue weighted by Crippen LogP contribution is 2.24. The molecule has 0 radical (unpaired) electrons. The quantitative estimate of drug-likeness (QED) is 0.663. The Balaban J connectivity index is 2.09. The number of aromatic nitrogens is 1. The SMILES string of the molecule is N#C/C(=C\c1c[nH]c2ccccc12)c1ccc(Br)cc1. The number of allylic oxidation sites excluding steroid dienone is 1. The lowest BCUT2D eigenvalue weighted by Gasteiger charge is -1.99. The van der Waals surface area contributed by atoms with Crippen LogP contribution in [0.5, 0.6) is 0 Å². The maximum atomic E-state index is 9.38. The van der Waals surface area contributed by atoms with Gasteiger partial charge in [0.25, 0.3) is 0 Å². The molecule has 3 heteroatoms. The van der Waals surface area contributed by atoms with E-state index in [0.717, 1.165) is 26.5 Å². The van der Waals surface area contributed by atoms with Crippen LogP contribution in [-0.4, -0.2) is 4.98 Å². The van der Waals surface area contributed by atoms with E-state index < -0.39 is 0 Å². The fourth-order valence-electron chi connectivity index (χ4n) is 2.18. The Morgan fingerprint density at radius 1 is 1.10 bits per heavy atom. The van der Waals surface area contributed by atoms with Gasteiger partial charge in [0.2, 0.25) is 0 Å². The number of hydrogen-bond donors (Lipinski definition) is 1. The minimum absolute atomic E-state index is 0.655. The Hall–Kier alpha value is -2.31. The van der Waals surface area contributed by atoms with Crippen LogP contribution in [0.25, 0.3) is 22.6 Å². The summed E-state index contributed by atoms with van der Waals surface area (Å²) in [6.07, 6.45) is 3.85. The lowest BCUT2D eigenvalue weighted by atomic mass is 10.0. The van der Waals surface area contributed by atoms with Crippen LogP contribution in [0.15, 0.2) is 59.2 Å². The predicted molar refractivity (Wildman–Crippen MR) is 85.9 cm³/mol. The van der Waals surface area contributed by atoms with Crippen LogP contribution in [0, 0.1) is 11.3 Å². The second-order valence-electron chi connectivity index (χ2n) is 4.47. The van der Waals surface area contributed by atoms with Crippen molar-refractivity contribution < 1.29 is 0 Å². The van der Waals surface area contributed by atoms with Crippen molar-refractivity contribution in [2.24, 2.45) is 0 Å². The summed E-state index contributed by atoms with van der Waals surface area (Å²) in [6.45, 7) is 0. The molecule has 0 aliphatic carbocycles. The molecule has 0 fully saturated rings. The molecule has 1 heterocycles. The van der Waals surface area contributed by atoms with E-state index in [0.29, 0.717) is 5.57 Å². The molecule has 0 unspecified atom stereocenters. The summed E-state index contributed by atoms with van der Waals surface area (Å²) >= 11 is 3.40. The van der Waals surface area contributed by atoms with Crippen molar-refractivity contribution in [1.82, 2.24) is 4.98 Å². The first kappa shape index (κ1) is 12.7. The summed E-state index contributed by atoms with van der Waals surface area (Å²) in [6, 6.07) is 18.1. The van der Waals surface area contributed by atoms with Crippen molar-refractivity contribution in [1.29, 1.82) is 5.26 Å². The number of rotatable bonds is 2. The molecule has 3 aromatic rings. The normalized spacial score (nSPS) is 11.5. The highest BCUT2D eigenvalue weighted by Gasteiger charge is 2.04. The van der Waals surface area contributed by atoms with Gasteiger partial charge < -0.3 is 4.98 Å². The van der Waals surface area contributed by atoms with Gasteiger partial charge in [0, 0.05) is 27.1 Å². The van der Waals surface area contributed by atoms with Gasteiger partial charge in [-0.05, 0) is 29.8 Å². The fraction of sp³-hybridized carbons (Fsp3) is 0. The Bertz CT molecular complexity index is 820. The van der Waals surface area contributed by atoms with E-state index in [1.807, 2.05) is 60.8 Å². The fourth-order valence-corrected chi connectivity index (χ4v) is 2.44. The summed E-state index contributed by atoms with van der Waals surface area (Å²) in [5.74, 6) is 0. The van der Waals surface area contributed by atoms with E-state index in [4.69, 9.17) is 0 Å². The zero-order chi connectivity index (χ0) is 13.9. The number of aromatic amines is 1. The Morgan fingerprint density at radius 2 is 1.85 bits per heavy atom. The topological polar surface area (TPSA) is 39.6 Å². The molecule has 0 bridgehead atoms. The number of nitrogens with one attached hydrogen (secondary N) is 1. The standard InChI is InChI=1S/C17H11BrN2/c18-15-7-5-12(6-8-15)13(10-19)9-14-11-20-17-4-2-1-3-16(14)17/h1-9,11,20H/b13-9+. The molecule has 0 spiro atoms. The number of halogens is 1. The van der Waals surface area contributed by atoms with Crippen molar-refractivity contribution in [3.63, 3.8) is 0 Å². The van der Waals surface area contributed by atoms with Gasteiger partial charge in [0.15, 0.2) is 0 Å². The van der Waals surface area contributed by atoms with Crippen molar-refractivity contribution in [2.45, 2.75) is 0 Å². The van der Waals surface area contributed by atoms with Crippen LogP contribution < -0.4 is 0 Å². The summed E-state index contributed by atoms with van der Waals surface area (Å²) in [5, 5.41) is 10.5. The van der Waals surface area contributed by atoms with E-state index in [1.54, 1.807) is 0 Å². The lowest BCUT2D eigenvalue weighted by molar-refractivity contribution is 1.47. The second-order valence-corrected chi connectivity index (χ2v) is 5.38. The maximum absolute atomic E-state index is 9.38. The molecule has 3 rings (SSSR count). The van der Waals surface area contributed by atoms with Crippen LogP contribution in [0.1, 0.15) is 11.1 Å². The smallest absolute Gasteiger partial charge is 0.0998 e. The van der Waals surface area contributed by atoms with Gasteiger partial charge >= 0.3 is 0 Å². The molecule has 0 aliphatic rings. The van der Waals surface area contributed by atoms with Crippen LogP contribution in [0.4, 0.5) is 0 Å². The van der Waals surface area contributed by atoms with E-state index in [1.165, 1.54) is 0 Å². The van der Waals surface area contributed by atoms with E-state index >= 15 is 0 Å². The van der Waals surface area contributed by atoms with Crippen molar-refractivity contribution in [3.05, 3.63) is 70.3 Å². The minimum Gasteiger partial charge on any atom is -0.361 e. The summed E-state index contributed by atoms with van der Waals surface area (Å²) in [4.78, 5) is 3.22. The van der Waals surface area contributed by atoms with E-state index in [2.05, 4.69) is 27.0 Å². The second kappa shape index (κ2) is 5.36. The zero-order valence-electron chi connectivity index (χ0n) is 10.6. The summed E-state index contributed by atoms with van der Waals surface area (Å²) in [5.41, 5.74) is 3.68. The van der Waals surface area contributed by atoms with Gasteiger partial charge in [-0.2, -0.15) is 5.26 Å². The maximum Gasteiger partial charge on any atom is 0.0998 e. The van der Waals surface area contributed by atoms with Crippen molar-refractivity contribution in [2.75, 3.05) is 0 Å². The lowest BCUT2D eigenvalue weighted by Crippen LogP contribution is -1.81. The van der Waals surface area contributed by atoms with E-state index in [-0.39, 0.29) is 0 Å². The first-order valence-electron chi connectivity index (χ1n) is 6.22. The van der Waals surface area contributed by atoms with Gasteiger partial charge in [0.1, 0.15) is 0 Å².